The van der Waals surface area contributed by atoms with Gasteiger partial charge in [0.25, 0.3) is 0 Å². The van der Waals surface area contributed by atoms with E-state index < -0.39 is 0 Å². The number of benzene rings is 2. The molecule has 1 aliphatic rings. The summed E-state index contributed by atoms with van der Waals surface area (Å²) >= 11 is 3.45. The predicted molar refractivity (Wildman–Crippen MR) is 97.3 cm³/mol. The number of nitrogens with one attached hydrogen (secondary N) is 1. The summed E-state index contributed by atoms with van der Waals surface area (Å²) in [6.07, 6.45) is 5.14. The van der Waals surface area contributed by atoms with Gasteiger partial charge in [0.2, 0.25) is 0 Å². The molecule has 1 aliphatic carbocycles. The Morgan fingerprint density at radius 3 is 2.48 bits per heavy atom. The lowest BCUT2D eigenvalue weighted by molar-refractivity contribution is 0.200. The second-order valence-corrected chi connectivity index (χ2v) is 6.79. The van der Waals surface area contributed by atoms with E-state index in [-0.39, 0.29) is 0 Å². The van der Waals surface area contributed by atoms with Crippen molar-refractivity contribution in [1.82, 2.24) is 0 Å². The van der Waals surface area contributed by atoms with Crippen LogP contribution in [0.15, 0.2) is 46.9 Å². The van der Waals surface area contributed by atoms with Gasteiger partial charge in [-0.3, -0.25) is 0 Å². The van der Waals surface area contributed by atoms with Crippen LogP contribution in [0.4, 0.5) is 5.69 Å². The van der Waals surface area contributed by atoms with E-state index in [9.17, 15) is 0 Å². The Labute approximate surface area is 146 Å². The van der Waals surface area contributed by atoms with E-state index in [0.29, 0.717) is 6.10 Å². The molecule has 0 radical (unpaired) electrons. The van der Waals surface area contributed by atoms with E-state index in [0.717, 1.165) is 41.0 Å². The minimum atomic E-state index is 0.332. The summed E-state index contributed by atoms with van der Waals surface area (Å²) in [5.74, 6) is 1.67. The molecule has 0 saturated heterocycles. The van der Waals surface area contributed by atoms with Gasteiger partial charge in [-0.05, 0) is 67.6 Å². The lowest BCUT2D eigenvalue weighted by atomic mass is 10.2. The average Bonchev–Trinajstić information content (AvgIpc) is 3.07. The molecule has 0 heterocycles. The van der Waals surface area contributed by atoms with Gasteiger partial charge in [-0.1, -0.05) is 22.0 Å². The van der Waals surface area contributed by atoms with Gasteiger partial charge in [0.15, 0.2) is 11.5 Å². The normalized spacial score (nSPS) is 14.7. The van der Waals surface area contributed by atoms with Gasteiger partial charge in [-0.15, -0.1) is 0 Å². The van der Waals surface area contributed by atoms with Crippen LogP contribution in [0.1, 0.15) is 31.2 Å². The van der Waals surface area contributed by atoms with Gasteiger partial charge in [0, 0.05) is 16.7 Å². The maximum Gasteiger partial charge on any atom is 0.161 e. The van der Waals surface area contributed by atoms with Crippen LogP contribution in [-0.4, -0.2) is 13.2 Å². The van der Waals surface area contributed by atoms with Gasteiger partial charge >= 0.3 is 0 Å². The molecule has 0 atom stereocenters. The maximum absolute atomic E-state index is 6.15. The highest BCUT2D eigenvalue weighted by atomic mass is 79.9. The Bertz CT molecular complexity index is 636. The highest BCUT2D eigenvalue weighted by Crippen LogP contribution is 2.32. The molecule has 3 nitrogen and oxygen atoms in total. The summed E-state index contributed by atoms with van der Waals surface area (Å²) in [6.45, 7) is 0.757. The SMILES string of the molecule is COc1ccc(CNc2ccc(Br)cc2)cc1OC1CCCC1. The average molecular weight is 376 g/mol. The van der Waals surface area contributed by atoms with Crippen molar-refractivity contribution >= 4 is 21.6 Å². The van der Waals surface area contributed by atoms with Crippen molar-refractivity contribution in [2.75, 3.05) is 12.4 Å². The van der Waals surface area contributed by atoms with Crippen molar-refractivity contribution in [1.29, 1.82) is 0 Å². The molecule has 23 heavy (non-hydrogen) atoms. The lowest BCUT2D eigenvalue weighted by Crippen LogP contribution is -2.12. The van der Waals surface area contributed by atoms with Crippen LogP contribution in [0.2, 0.25) is 0 Å². The summed E-state index contributed by atoms with van der Waals surface area (Å²) in [5.41, 5.74) is 2.28. The quantitative estimate of drug-likeness (QED) is 0.733. The molecular weight excluding hydrogens is 354 g/mol. The van der Waals surface area contributed by atoms with Gasteiger partial charge in [-0.2, -0.15) is 0 Å². The van der Waals surface area contributed by atoms with Crippen LogP contribution in [0.5, 0.6) is 11.5 Å². The summed E-state index contributed by atoms with van der Waals surface area (Å²) in [7, 11) is 1.69. The number of anilines is 1. The number of hydrogen-bond donors (Lipinski definition) is 1. The molecule has 122 valence electrons. The van der Waals surface area contributed by atoms with Crippen molar-refractivity contribution in [2.24, 2.45) is 0 Å². The zero-order valence-electron chi connectivity index (χ0n) is 13.3. The fraction of sp³-hybridized carbons (Fsp3) is 0.368. The third-order valence-corrected chi connectivity index (χ3v) is 4.69. The summed E-state index contributed by atoms with van der Waals surface area (Å²) < 4.78 is 12.7. The number of ether oxygens (including phenoxy) is 2. The molecule has 4 heteroatoms. The third kappa shape index (κ3) is 4.41. The molecule has 1 saturated carbocycles. The molecule has 1 N–H and O–H groups in total. The molecule has 0 amide bonds. The van der Waals surface area contributed by atoms with E-state index in [1.807, 2.05) is 18.2 Å². The summed E-state index contributed by atoms with van der Waals surface area (Å²) in [6, 6.07) is 14.3. The first-order valence-corrected chi connectivity index (χ1v) is 8.87. The second-order valence-electron chi connectivity index (χ2n) is 5.87. The van der Waals surface area contributed by atoms with E-state index in [2.05, 4.69) is 45.5 Å². The number of rotatable bonds is 6. The van der Waals surface area contributed by atoms with Crippen LogP contribution in [0.25, 0.3) is 0 Å². The first-order valence-electron chi connectivity index (χ1n) is 8.07. The van der Waals surface area contributed by atoms with Crippen LogP contribution in [-0.2, 0) is 6.54 Å². The molecule has 0 aliphatic heterocycles. The zero-order chi connectivity index (χ0) is 16.1. The topological polar surface area (TPSA) is 30.5 Å². The molecule has 2 aromatic carbocycles. The second kappa shape index (κ2) is 7.73. The third-order valence-electron chi connectivity index (χ3n) is 4.16. The molecule has 3 rings (SSSR count). The van der Waals surface area contributed by atoms with Gasteiger partial charge in [0.05, 0.1) is 13.2 Å². The van der Waals surface area contributed by atoms with Crippen molar-refractivity contribution < 1.29 is 9.47 Å². The number of methoxy groups -OCH3 is 1. The monoisotopic (exact) mass is 375 g/mol. The minimum absolute atomic E-state index is 0.332. The van der Waals surface area contributed by atoms with E-state index >= 15 is 0 Å². The van der Waals surface area contributed by atoms with Crippen molar-refractivity contribution in [3.63, 3.8) is 0 Å². The molecule has 0 spiro atoms. The van der Waals surface area contributed by atoms with Crippen LogP contribution in [0.3, 0.4) is 0 Å². The van der Waals surface area contributed by atoms with Crippen molar-refractivity contribution in [2.45, 2.75) is 38.3 Å². The van der Waals surface area contributed by atoms with E-state index in [4.69, 9.17) is 9.47 Å². The maximum atomic E-state index is 6.15. The zero-order valence-corrected chi connectivity index (χ0v) is 14.9. The smallest absolute Gasteiger partial charge is 0.161 e. The Hall–Kier alpha value is -1.68. The molecule has 0 aromatic heterocycles. The van der Waals surface area contributed by atoms with Crippen molar-refractivity contribution in [3.8, 4) is 11.5 Å². The minimum Gasteiger partial charge on any atom is -0.493 e. The van der Waals surface area contributed by atoms with Gasteiger partial charge < -0.3 is 14.8 Å². The highest BCUT2D eigenvalue weighted by Gasteiger charge is 2.18. The van der Waals surface area contributed by atoms with E-state index in [1.54, 1.807) is 7.11 Å². The standard InChI is InChI=1S/C19H22BrNO2/c1-22-18-11-6-14(12-19(18)23-17-4-2-3-5-17)13-21-16-9-7-15(20)8-10-16/h6-12,17,21H,2-5,13H2,1H3. The fourth-order valence-corrected chi connectivity index (χ4v) is 3.15. The molecule has 0 unspecified atom stereocenters. The highest BCUT2D eigenvalue weighted by molar-refractivity contribution is 9.10. The molecule has 2 aromatic rings. The summed E-state index contributed by atoms with van der Waals surface area (Å²) in [5, 5.41) is 3.43. The largest absolute Gasteiger partial charge is 0.493 e. The van der Waals surface area contributed by atoms with Crippen LogP contribution in [0, 0.1) is 0 Å². The first kappa shape index (κ1) is 16.2. The van der Waals surface area contributed by atoms with Gasteiger partial charge in [-0.25, -0.2) is 0 Å². The predicted octanol–water partition coefficient (Wildman–Crippen LogP) is 5.39. The van der Waals surface area contributed by atoms with Crippen LogP contribution < -0.4 is 14.8 Å². The molecular formula is C19H22BrNO2. The number of halogens is 1. The van der Waals surface area contributed by atoms with E-state index in [1.165, 1.54) is 18.4 Å². The molecule has 1 fully saturated rings. The van der Waals surface area contributed by atoms with Crippen LogP contribution >= 0.6 is 15.9 Å². The number of hydrogen-bond acceptors (Lipinski definition) is 3. The Balaban J connectivity index is 1.67. The lowest BCUT2D eigenvalue weighted by Gasteiger charge is -2.17. The first-order chi connectivity index (χ1) is 11.2. The van der Waals surface area contributed by atoms with Gasteiger partial charge in [0.1, 0.15) is 0 Å². The Morgan fingerprint density at radius 1 is 1.04 bits per heavy atom. The fourth-order valence-electron chi connectivity index (χ4n) is 2.88. The molecule has 0 bridgehead atoms. The van der Waals surface area contributed by atoms with Crippen molar-refractivity contribution in [3.05, 3.63) is 52.5 Å². The Kier molecular flexibility index (Phi) is 5.44. The summed E-state index contributed by atoms with van der Waals surface area (Å²) in [4.78, 5) is 0. The Morgan fingerprint density at radius 2 is 1.78 bits per heavy atom.